The number of hydrogen-bond acceptors (Lipinski definition) is 4. The van der Waals surface area contributed by atoms with E-state index < -0.39 is 0 Å². The lowest BCUT2D eigenvalue weighted by atomic mass is 9.93. The summed E-state index contributed by atoms with van der Waals surface area (Å²) in [5.41, 5.74) is 2.89. The van der Waals surface area contributed by atoms with E-state index >= 15 is 0 Å². The third kappa shape index (κ3) is 3.76. The van der Waals surface area contributed by atoms with Gasteiger partial charge in [0, 0.05) is 23.5 Å². The van der Waals surface area contributed by atoms with Gasteiger partial charge in [-0.1, -0.05) is 23.8 Å². The third-order valence-corrected chi connectivity index (χ3v) is 6.97. The zero-order chi connectivity index (χ0) is 21.5. The quantitative estimate of drug-likeness (QED) is 0.665. The molecule has 2 aromatic rings. The van der Waals surface area contributed by atoms with Gasteiger partial charge in [-0.2, -0.15) is 0 Å². The van der Waals surface area contributed by atoms with Gasteiger partial charge in [0.15, 0.2) is 0 Å². The van der Waals surface area contributed by atoms with Crippen molar-refractivity contribution in [3.63, 3.8) is 0 Å². The number of halogens is 1. The first-order chi connectivity index (χ1) is 15.1. The van der Waals surface area contributed by atoms with E-state index in [-0.39, 0.29) is 17.9 Å². The van der Waals surface area contributed by atoms with Gasteiger partial charge < -0.3 is 19.5 Å². The Kier molecular flexibility index (Phi) is 5.30. The Balaban J connectivity index is 1.30. The van der Waals surface area contributed by atoms with Crippen molar-refractivity contribution in [1.82, 2.24) is 5.32 Å². The molecular weight excluding hydrogens is 414 g/mol. The van der Waals surface area contributed by atoms with Crippen molar-refractivity contribution in [1.29, 1.82) is 0 Å². The van der Waals surface area contributed by atoms with Crippen LogP contribution in [0.1, 0.15) is 18.4 Å². The SMILES string of the molecule is COc1ccc(OC)c(-c2cc(Cl)c3c(c2)CC(CNC(=O)[C@H]2C[C@@H]4C=C[C@H]2C4)O3)c1. The molecule has 0 radical (unpaired) electrons. The lowest BCUT2D eigenvalue weighted by Gasteiger charge is -2.19. The first kappa shape index (κ1) is 20.3. The predicted octanol–water partition coefficient (Wildman–Crippen LogP) is 4.66. The van der Waals surface area contributed by atoms with Crippen molar-refractivity contribution in [2.75, 3.05) is 20.8 Å². The first-order valence-electron chi connectivity index (χ1n) is 10.7. The molecule has 1 amide bonds. The van der Waals surface area contributed by atoms with Gasteiger partial charge in [-0.05, 0) is 60.6 Å². The fourth-order valence-electron chi connectivity index (χ4n) is 5.12. The molecule has 1 saturated carbocycles. The molecule has 1 N–H and O–H groups in total. The van der Waals surface area contributed by atoms with Gasteiger partial charge in [0.1, 0.15) is 23.4 Å². The Morgan fingerprint density at radius 1 is 1.16 bits per heavy atom. The summed E-state index contributed by atoms with van der Waals surface area (Å²) in [5.74, 6) is 3.44. The van der Waals surface area contributed by atoms with Gasteiger partial charge in [0.05, 0.1) is 25.8 Å². The van der Waals surface area contributed by atoms with Crippen molar-refractivity contribution in [3.8, 4) is 28.4 Å². The monoisotopic (exact) mass is 439 g/mol. The van der Waals surface area contributed by atoms with Crippen molar-refractivity contribution >= 4 is 17.5 Å². The fraction of sp³-hybridized carbons (Fsp3) is 0.400. The highest BCUT2D eigenvalue weighted by atomic mass is 35.5. The number of amides is 1. The number of rotatable bonds is 6. The maximum atomic E-state index is 12.6. The van der Waals surface area contributed by atoms with Crippen molar-refractivity contribution in [2.24, 2.45) is 17.8 Å². The molecule has 4 atom stereocenters. The second-order valence-corrected chi connectivity index (χ2v) is 9.00. The first-order valence-corrected chi connectivity index (χ1v) is 11.1. The maximum Gasteiger partial charge on any atom is 0.223 e. The van der Waals surface area contributed by atoms with E-state index in [0.29, 0.717) is 35.6 Å². The number of carbonyl (C=O) groups is 1. The van der Waals surface area contributed by atoms with Crippen molar-refractivity contribution in [3.05, 3.63) is 53.1 Å². The molecule has 31 heavy (non-hydrogen) atoms. The normalized spacial score (nSPS) is 25.3. The van der Waals surface area contributed by atoms with E-state index in [4.69, 9.17) is 25.8 Å². The molecular formula is C25H26ClNO4. The molecule has 0 saturated heterocycles. The summed E-state index contributed by atoms with van der Waals surface area (Å²) < 4.78 is 17.0. The van der Waals surface area contributed by atoms with Crippen LogP contribution in [0, 0.1) is 17.8 Å². The number of ether oxygens (including phenoxy) is 3. The van der Waals surface area contributed by atoms with Crippen molar-refractivity contribution in [2.45, 2.75) is 25.4 Å². The molecule has 5 rings (SSSR count). The number of carbonyl (C=O) groups excluding carboxylic acids is 1. The Bertz CT molecular complexity index is 1050. The summed E-state index contributed by atoms with van der Waals surface area (Å²) in [6, 6.07) is 9.66. The van der Waals surface area contributed by atoms with E-state index in [1.54, 1.807) is 14.2 Å². The van der Waals surface area contributed by atoms with Gasteiger partial charge in [0.2, 0.25) is 5.91 Å². The highest BCUT2D eigenvalue weighted by Gasteiger charge is 2.40. The average molecular weight is 440 g/mol. The summed E-state index contributed by atoms with van der Waals surface area (Å²) in [6.45, 7) is 0.485. The van der Waals surface area contributed by atoms with Crippen LogP contribution in [0.2, 0.25) is 5.02 Å². The summed E-state index contributed by atoms with van der Waals surface area (Å²) in [6.07, 6.45) is 7.13. The van der Waals surface area contributed by atoms with Gasteiger partial charge >= 0.3 is 0 Å². The summed E-state index contributed by atoms with van der Waals surface area (Å²) in [5, 5.41) is 3.67. The molecule has 6 heteroatoms. The average Bonchev–Trinajstić information content (AvgIpc) is 3.52. The van der Waals surface area contributed by atoms with Crippen LogP contribution in [0.4, 0.5) is 0 Å². The molecule has 3 aliphatic rings. The molecule has 1 unspecified atom stereocenters. The smallest absolute Gasteiger partial charge is 0.223 e. The van der Waals surface area contributed by atoms with Crippen LogP contribution in [0.3, 0.4) is 0 Å². The highest BCUT2D eigenvalue weighted by molar-refractivity contribution is 6.32. The molecule has 0 aromatic heterocycles. The van der Waals surface area contributed by atoms with Gasteiger partial charge in [-0.25, -0.2) is 0 Å². The lowest BCUT2D eigenvalue weighted by Crippen LogP contribution is -2.39. The molecule has 162 valence electrons. The molecule has 1 aliphatic heterocycles. The van der Waals surface area contributed by atoms with Crippen LogP contribution in [-0.2, 0) is 11.2 Å². The largest absolute Gasteiger partial charge is 0.497 e. The Labute approximate surface area is 187 Å². The van der Waals surface area contributed by atoms with E-state index in [1.807, 2.05) is 24.3 Å². The molecule has 1 heterocycles. The van der Waals surface area contributed by atoms with Crippen LogP contribution in [0.25, 0.3) is 11.1 Å². The number of hydrogen-bond donors (Lipinski definition) is 1. The minimum Gasteiger partial charge on any atom is -0.497 e. The van der Waals surface area contributed by atoms with Crippen LogP contribution >= 0.6 is 11.6 Å². The Morgan fingerprint density at radius 2 is 2.03 bits per heavy atom. The van der Waals surface area contributed by atoms with Crippen molar-refractivity contribution < 1.29 is 19.0 Å². The van der Waals surface area contributed by atoms with Crippen LogP contribution in [0.5, 0.6) is 17.2 Å². The number of allylic oxidation sites excluding steroid dienone is 2. The highest BCUT2D eigenvalue weighted by Crippen LogP contribution is 2.44. The lowest BCUT2D eigenvalue weighted by molar-refractivity contribution is -0.126. The molecule has 2 bridgehead atoms. The number of benzene rings is 2. The Morgan fingerprint density at radius 3 is 2.74 bits per heavy atom. The van der Waals surface area contributed by atoms with Crippen LogP contribution in [0.15, 0.2) is 42.5 Å². The molecule has 5 nitrogen and oxygen atoms in total. The number of methoxy groups -OCH3 is 2. The van der Waals surface area contributed by atoms with Crippen LogP contribution < -0.4 is 19.5 Å². The molecule has 2 aliphatic carbocycles. The van der Waals surface area contributed by atoms with E-state index in [1.165, 1.54) is 0 Å². The predicted molar refractivity (Wildman–Crippen MR) is 120 cm³/mol. The number of fused-ring (bicyclic) bond motifs is 3. The maximum absolute atomic E-state index is 12.6. The molecule has 0 spiro atoms. The zero-order valence-corrected chi connectivity index (χ0v) is 18.4. The van der Waals surface area contributed by atoms with Gasteiger partial charge in [-0.15, -0.1) is 0 Å². The third-order valence-electron chi connectivity index (χ3n) is 6.69. The van der Waals surface area contributed by atoms with Crippen LogP contribution in [-0.4, -0.2) is 32.8 Å². The fourth-order valence-corrected chi connectivity index (χ4v) is 5.41. The Hall–Kier alpha value is -2.66. The minimum absolute atomic E-state index is 0.106. The van der Waals surface area contributed by atoms with Gasteiger partial charge in [0.25, 0.3) is 0 Å². The zero-order valence-electron chi connectivity index (χ0n) is 17.7. The minimum atomic E-state index is -0.118. The second kappa shape index (κ2) is 8.12. The second-order valence-electron chi connectivity index (χ2n) is 8.59. The van der Waals surface area contributed by atoms with Gasteiger partial charge in [-0.3, -0.25) is 4.79 Å². The topological polar surface area (TPSA) is 56.8 Å². The number of nitrogens with one attached hydrogen (secondary N) is 1. The van der Waals surface area contributed by atoms with E-state index in [2.05, 4.69) is 23.5 Å². The molecule has 2 aromatic carbocycles. The summed E-state index contributed by atoms with van der Waals surface area (Å²) in [4.78, 5) is 12.6. The van der Waals surface area contributed by atoms with E-state index in [9.17, 15) is 4.79 Å². The standard InChI is InChI=1S/C25H26ClNO4/c1-29-18-5-6-23(30-2)20(12-18)16-9-17-10-19(31-24(17)22(26)11-16)13-27-25(28)21-8-14-3-4-15(21)7-14/h3-6,9,11-12,14-15,19,21H,7-8,10,13H2,1-2H3,(H,27,28)/t14-,15+,19?,21+/m1/s1. The van der Waals surface area contributed by atoms with E-state index in [0.717, 1.165) is 41.0 Å². The summed E-state index contributed by atoms with van der Waals surface area (Å²) in [7, 11) is 3.29. The molecule has 1 fully saturated rings. The summed E-state index contributed by atoms with van der Waals surface area (Å²) >= 11 is 6.58.